The third-order valence-electron chi connectivity index (χ3n) is 2.90. The predicted molar refractivity (Wildman–Crippen MR) is 69.9 cm³/mol. The molecule has 0 spiro atoms. The van der Waals surface area contributed by atoms with Crippen molar-refractivity contribution >= 4 is 11.9 Å². The van der Waals surface area contributed by atoms with E-state index in [2.05, 4.69) is 0 Å². The van der Waals surface area contributed by atoms with Crippen LogP contribution in [0.25, 0.3) is 0 Å². The number of alkyl halides is 3. The van der Waals surface area contributed by atoms with Gasteiger partial charge < -0.3 is 10.0 Å². The Labute approximate surface area is 120 Å². The van der Waals surface area contributed by atoms with Crippen LogP contribution in [0.3, 0.4) is 0 Å². The maximum Gasteiger partial charge on any atom is 0.406 e. The van der Waals surface area contributed by atoms with Crippen LogP contribution >= 0.6 is 0 Å². The van der Waals surface area contributed by atoms with Gasteiger partial charge in [-0.1, -0.05) is 23.8 Å². The zero-order valence-electron chi connectivity index (χ0n) is 11.7. The predicted octanol–water partition coefficient (Wildman–Crippen LogP) is 2.32. The first-order valence-corrected chi connectivity index (χ1v) is 6.21. The second kappa shape index (κ2) is 6.60. The van der Waals surface area contributed by atoms with Crippen LogP contribution in [0.5, 0.6) is 0 Å². The van der Waals surface area contributed by atoms with Gasteiger partial charge in [-0.2, -0.15) is 13.2 Å². The molecule has 116 valence electrons. The van der Waals surface area contributed by atoms with Crippen LogP contribution < -0.4 is 0 Å². The molecule has 1 amide bonds. The molecule has 0 bridgehead atoms. The van der Waals surface area contributed by atoms with Gasteiger partial charge in [-0.3, -0.25) is 9.59 Å². The number of hydrogen-bond acceptors (Lipinski definition) is 2. The fraction of sp³-hybridized carbons (Fsp3) is 0.429. The second-order valence-corrected chi connectivity index (χ2v) is 4.87. The van der Waals surface area contributed by atoms with Crippen LogP contribution in [-0.4, -0.2) is 41.1 Å². The molecule has 0 radical (unpaired) electrons. The summed E-state index contributed by atoms with van der Waals surface area (Å²) < 4.78 is 37.2. The maximum atomic E-state index is 12.4. The van der Waals surface area contributed by atoms with Crippen LogP contribution in [0.1, 0.15) is 16.7 Å². The topological polar surface area (TPSA) is 57.6 Å². The molecule has 21 heavy (non-hydrogen) atoms. The van der Waals surface area contributed by atoms with Crippen LogP contribution in [0.2, 0.25) is 0 Å². The minimum Gasteiger partial charge on any atom is -0.480 e. The minimum atomic E-state index is -4.63. The summed E-state index contributed by atoms with van der Waals surface area (Å²) in [5.74, 6) is -2.34. The summed E-state index contributed by atoms with van der Waals surface area (Å²) in [4.78, 5) is 22.9. The van der Waals surface area contributed by atoms with Gasteiger partial charge in [-0.15, -0.1) is 0 Å². The number of carboxylic acid groups (broad SMARTS) is 1. The Balaban J connectivity index is 2.89. The highest BCUT2D eigenvalue weighted by Gasteiger charge is 2.33. The van der Waals surface area contributed by atoms with E-state index in [0.717, 1.165) is 11.1 Å². The molecule has 0 aliphatic carbocycles. The lowest BCUT2D eigenvalue weighted by atomic mass is 10.0. The van der Waals surface area contributed by atoms with E-state index in [-0.39, 0.29) is 6.42 Å². The molecule has 7 heteroatoms. The number of rotatable bonds is 5. The number of nitrogens with zero attached hydrogens (tertiary/aromatic N) is 1. The van der Waals surface area contributed by atoms with E-state index >= 15 is 0 Å². The van der Waals surface area contributed by atoms with E-state index in [4.69, 9.17) is 5.11 Å². The van der Waals surface area contributed by atoms with Gasteiger partial charge in [-0.05, 0) is 25.0 Å². The molecular weight excluding hydrogens is 287 g/mol. The van der Waals surface area contributed by atoms with Gasteiger partial charge in [0, 0.05) is 0 Å². The number of carbonyl (C=O) groups is 2. The normalized spacial score (nSPS) is 11.3. The lowest BCUT2D eigenvalue weighted by Crippen LogP contribution is -2.42. The van der Waals surface area contributed by atoms with Crippen molar-refractivity contribution in [2.45, 2.75) is 26.4 Å². The summed E-state index contributed by atoms with van der Waals surface area (Å²) in [7, 11) is 0. The summed E-state index contributed by atoms with van der Waals surface area (Å²) >= 11 is 0. The Morgan fingerprint density at radius 2 is 1.86 bits per heavy atom. The Morgan fingerprint density at radius 3 is 2.38 bits per heavy atom. The van der Waals surface area contributed by atoms with Gasteiger partial charge in [0.2, 0.25) is 5.91 Å². The molecule has 0 fully saturated rings. The van der Waals surface area contributed by atoms with Gasteiger partial charge in [0.25, 0.3) is 0 Å². The fourth-order valence-electron chi connectivity index (χ4n) is 1.88. The Bertz CT molecular complexity index is 541. The first kappa shape index (κ1) is 17.0. The zero-order chi connectivity index (χ0) is 16.2. The van der Waals surface area contributed by atoms with Crippen molar-refractivity contribution in [2.75, 3.05) is 13.1 Å². The molecule has 0 unspecified atom stereocenters. The molecule has 1 N–H and O–H groups in total. The second-order valence-electron chi connectivity index (χ2n) is 4.87. The molecule has 0 aliphatic rings. The molecule has 4 nitrogen and oxygen atoms in total. The van der Waals surface area contributed by atoms with Crippen LogP contribution in [0.15, 0.2) is 18.2 Å². The summed E-state index contributed by atoms with van der Waals surface area (Å²) in [5.41, 5.74) is 2.25. The number of aliphatic carboxylic acids is 1. The van der Waals surface area contributed by atoms with Gasteiger partial charge in [-0.25, -0.2) is 0 Å². The first-order valence-electron chi connectivity index (χ1n) is 6.21. The summed E-state index contributed by atoms with van der Waals surface area (Å²) in [6.07, 6.45) is -4.89. The Kier molecular flexibility index (Phi) is 5.34. The van der Waals surface area contributed by atoms with E-state index < -0.39 is 31.1 Å². The lowest BCUT2D eigenvalue weighted by molar-refractivity contribution is -0.165. The summed E-state index contributed by atoms with van der Waals surface area (Å²) in [5, 5.41) is 8.63. The number of aryl methyl sites for hydroxylation is 2. The molecule has 0 heterocycles. The number of hydrogen-bond donors (Lipinski definition) is 1. The van der Waals surface area contributed by atoms with E-state index in [0.29, 0.717) is 10.5 Å². The van der Waals surface area contributed by atoms with Crippen molar-refractivity contribution in [3.05, 3.63) is 34.9 Å². The molecular formula is C14H16F3NO3. The largest absolute Gasteiger partial charge is 0.480 e. The average molecular weight is 303 g/mol. The highest BCUT2D eigenvalue weighted by Crippen LogP contribution is 2.18. The van der Waals surface area contributed by atoms with E-state index in [1.165, 1.54) is 0 Å². The molecule has 1 rings (SSSR count). The number of carboxylic acids is 1. The highest BCUT2D eigenvalue weighted by atomic mass is 19.4. The monoisotopic (exact) mass is 303 g/mol. The van der Waals surface area contributed by atoms with E-state index in [1.807, 2.05) is 6.07 Å². The van der Waals surface area contributed by atoms with Crippen molar-refractivity contribution < 1.29 is 27.9 Å². The van der Waals surface area contributed by atoms with Crippen LogP contribution in [0.4, 0.5) is 13.2 Å². The minimum absolute atomic E-state index is 0.253. The van der Waals surface area contributed by atoms with Crippen molar-refractivity contribution in [2.24, 2.45) is 0 Å². The molecule has 0 aromatic heterocycles. The number of halogens is 3. The number of benzene rings is 1. The molecule has 1 aromatic carbocycles. The summed E-state index contributed by atoms with van der Waals surface area (Å²) in [6, 6.07) is 5.30. The molecule has 0 saturated heterocycles. The molecule has 0 aliphatic heterocycles. The van der Waals surface area contributed by atoms with Gasteiger partial charge in [0.1, 0.15) is 13.1 Å². The average Bonchev–Trinajstić information content (AvgIpc) is 2.30. The van der Waals surface area contributed by atoms with Gasteiger partial charge in [0.15, 0.2) is 0 Å². The third-order valence-corrected chi connectivity index (χ3v) is 2.90. The standard InChI is InChI=1S/C14H16F3NO3/c1-9-3-4-10(2)11(5-9)6-12(19)18(7-13(20)21)8-14(15,16)17/h3-5H,6-8H2,1-2H3,(H,20,21). The third kappa shape index (κ3) is 5.85. The van der Waals surface area contributed by atoms with Crippen LogP contribution in [0, 0.1) is 13.8 Å². The fourth-order valence-corrected chi connectivity index (χ4v) is 1.88. The SMILES string of the molecule is Cc1ccc(C)c(CC(=O)N(CC(=O)O)CC(F)(F)F)c1. The van der Waals surface area contributed by atoms with Gasteiger partial charge in [0.05, 0.1) is 6.42 Å². The zero-order valence-corrected chi connectivity index (χ0v) is 11.7. The maximum absolute atomic E-state index is 12.4. The van der Waals surface area contributed by atoms with Crippen LogP contribution in [-0.2, 0) is 16.0 Å². The number of carbonyl (C=O) groups excluding carboxylic acids is 1. The molecule has 1 aromatic rings. The van der Waals surface area contributed by atoms with E-state index in [9.17, 15) is 22.8 Å². The quantitative estimate of drug-likeness (QED) is 0.908. The van der Waals surface area contributed by atoms with Gasteiger partial charge >= 0.3 is 12.1 Å². The lowest BCUT2D eigenvalue weighted by Gasteiger charge is -2.22. The Hall–Kier alpha value is -2.05. The number of amides is 1. The molecule has 0 saturated carbocycles. The van der Waals surface area contributed by atoms with Crippen molar-refractivity contribution in [1.29, 1.82) is 0 Å². The van der Waals surface area contributed by atoms with E-state index in [1.54, 1.807) is 26.0 Å². The summed E-state index contributed by atoms with van der Waals surface area (Å²) in [6.45, 7) is 1.01. The highest BCUT2D eigenvalue weighted by molar-refractivity contribution is 5.83. The van der Waals surface area contributed by atoms with Crippen molar-refractivity contribution in [1.82, 2.24) is 4.90 Å². The smallest absolute Gasteiger partial charge is 0.406 e. The molecule has 0 atom stereocenters. The first-order chi connectivity index (χ1) is 9.58. The van der Waals surface area contributed by atoms with Crippen molar-refractivity contribution in [3.8, 4) is 0 Å². The Morgan fingerprint density at radius 1 is 1.24 bits per heavy atom. The van der Waals surface area contributed by atoms with Crippen molar-refractivity contribution in [3.63, 3.8) is 0 Å².